The summed E-state index contributed by atoms with van der Waals surface area (Å²) in [6.45, 7) is 7.98. The van der Waals surface area contributed by atoms with Gasteiger partial charge in [0.2, 0.25) is 0 Å². The Hall–Kier alpha value is -1.02. The third-order valence-electron chi connectivity index (χ3n) is 3.47. The summed E-state index contributed by atoms with van der Waals surface area (Å²) in [6.07, 6.45) is 4.46. The predicted molar refractivity (Wildman–Crippen MR) is 78.3 cm³/mol. The van der Waals surface area contributed by atoms with Crippen LogP contribution in [0.5, 0.6) is 5.75 Å². The molecule has 0 aliphatic rings. The highest BCUT2D eigenvalue weighted by molar-refractivity contribution is 5.40. The molecule has 0 aliphatic heterocycles. The van der Waals surface area contributed by atoms with E-state index in [0.29, 0.717) is 5.92 Å². The third-order valence-corrected chi connectivity index (χ3v) is 3.47. The highest BCUT2D eigenvalue weighted by atomic mass is 16.5. The SMILES string of the molecule is CCOc1ccc(CC)cc1C(CC)CCCN. The summed E-state index contributed by atoms with van der Waals surface area (Å²) in [5.41, 5.74) is 8.39. The molecule has 1 atom stereocenters. The zero-order chi connectivity index (χ0) is 13.4. The number of hydrogen-bond donors (Lipinski definition) is 1. The van der Waals surface area contributed by atoms with Gasteiger partial charge in [0, 0.05) is 0 Å². The quantitative estimate of drug-likeness (QED) is 0.759. The molecule has 0 spiro atoms. The number of benzene rings is 1. The minimum atomic E-state index is 0.571. The van der Waals surface area contributed by atoms with Crippen LogP contribution in [0.4, 0.5) is 0 Å². The summed E-state index contributed by atoms with van der Waals surface area (Å²) >= 11 is 0. The van der Waals surface area contributed by atoms with Crippen molar-refractivity contribution in [3.8, 4) is 5.75 Å². The van der Waals surface area contributed by atoms with Crippen LogP contribution in [0.1, 0.15) is 57.1 Å². The largest absolute Gasteiger partial charge is 0.494 e. The first kappa shape index (κ1) is 15.0. The first-order valence-corrected chi connectivity index (χ1v) is 7.22. The van der Waals surface area contributed by atoms with E-state index in [9.17, 15) is 0 Å². The molecule has 2 nitrogen and oxygen atoms in total. The normalized spacial score (nSPS) is 12.4. The van der Waals surface area contributed by atoms with Crippen LogP contribution < -0.4 is 10.5 Å². The van der Waals surface area contributed by atoms with Crippen molar-refractivity contribution in [2.75, 3.05) is 13.2 Å². The average molecular weight is 249 g/mol. The van der Waals surface area contributed by atoms with Gasteiger partial charge in [-0.15, -0.1) is 0 Å². The van der Waals surface area contributed by atoms with Crippen LogP contribution in [-0.4, -0.2) is 13.2 Å². The first-order valence-electron chi connectivity index (χ1n) is 7.22. The van der Waals surface area contributed by atoms with E-state index in [2.05, 4.69) is 32.0 Å². The van der Waals surface area contributed by atoms with E-state index in [1.165, 1.54) is 11.1 Å². The Morgan fingerprint density at radius 3 is 2.56 bits per heavy atom. The number of nitrogens with two attached hydrogens (primary N) is 1. The fourth-order valence-electron chi connectivity index (χ4n) is 2.37. The van der Waals surface area contributed by atoms with Crippen LogP contribution in [0.2, 0.25) is 0 Å². The van der Waals surface area contributed by atoms with E-state index in [4.69, 9.17) is 10.5 Å². The molecule has 0 saturated carbocycles. The summed E-state index contributed by atoms with van der Waals surface area (Å²) in [6, 6.07) is 6.61. The van der Waals surface area contributed by atoms with Crippen molar-refractivity contribution in [3.05, 3.63) is 29.3 Å². The first-order chi connectivity index (χ1) is 8.76. The van der Waals surface area contributed by atoms with Crippen molar-refractivity contribution in [1.82, 2.24) is 0 Å². The molecular weight excluding hydrogens is 222 g/mol. The minimum absolute atomic E-state index is 0.571. The maximum absolute atomic E-state index is 5.77. The maximum atomic E-state index is 5.77. The van der Waals surface area contributed by atoms with E-state index in [-0.39, 0.29) is 0 Å². The van der Waals surface area contributed by atoms with Gasteiger partial charge in [-0.2, -0.15) is 0 Å². The molecule has 0 radical (unpaired) electrons. The van der Waals surface area contributed by atoms with Gasteiger partial charge in [0.1, 0.15) is 5.75 Å². The van der Waals surface area contributed by atoms with Gasteiger partial charge < -0.3 is 10.5 Å². The monoisotopic (exact) mass is 249 g/mol. The second-order valence-corrected chi connectivity index (χ2v) is 4.69. The second kappa shape index (κ2) is 8.15. The molecule has 0 heterocycles. The molecule has 0 aliphatic carbocycles. The zero-order valence-electron chi connectivity index (χ0n) is 12.0. The Labute approximate surface area is 112 Å². The molecule has 0 fully saturated rings. The van der Waals surface area contributed by atoms with Crippen molar-refractivity contribution in [2.45, 2.75) is 52.4 Å². The topological polar surface area (TPSA) is 35.2 Å². The molecule has 0 bridgehead atoms. The van der Waals surface area contributed by atoms with Crippen LogP contribution in [-0.2, 0) is 6.42 Å². The predicted octanol–water partition coefficient (Wildman–Crippen LogP) is 3.88. The van der Waals surface area contributed by atoms with Crippen LogP contribution in [0.15, 0.2) is 18.2 Å². The molecule has 1 unspecified atom stereocenters. The Morgan fingerprint density at radius 1 is 1.22 bits per heavy atom. The van der Waals surface area contributed by atoms with E-state index < -0.39 is 0 Å². The molecule has 1 aromatic rings. The van der Waals surface area contributed by atoms with Gasteiger partial charge in [0.25, 0.3) is 0 Å². The summed E-state index contributed by atoms with van der Waals surface area (Å²) in [5, 5.41) is 0. The summed E-state index contributed by atoms with van der Waals surface area (Å²) < 4.78 is 5.77. The lowest BCUT2D eigenvalue weighted by atomic mass is 9.89. The number of rotatable bonds is 8. The summed E-state index contributed by atoms with van der Waals surface area (Å²) in [5.74, 6) is 1.63. The molecule has 2 heteroatoms. The van der Waals surface area contributed by atoms with Crippen LogP contribution in [0.25, 0.3) is 0 Å². The van der Waals surface area contributed by atoms with Gasteiger partial charge in [0.05, 0.1) is 6.61 Å². The van der Waals surface area contributed by atoms with Crippen LogP contribution >= 0.6 is 0 Å². The van der Waals surface area contributed by atoms with Gasteiger partial charge in [-0.25, -0.2) is 0 Å². The average Bonchev–Trinajstić information content (AvgIpc) is 2.41. The Balaban J connectivity index is 2.99. The third kappa shape index (κ3) is 4.02. The lowest BCUT2D eigenvalue weighted by Crippen LogP contribution is -2.06. The highest BCUT2D eigenvalue weighted by Gasteiger charge is 2.14. The van der Waals surface area contributed by atoms with Gasteiger partial charge in [-0.1, -0.05) is 26.0 Å². The Bertz CT molecular complexity index is 349. The van der Waals surface area contributed by atoms with Crippen molar-refractivity contribution in [1.29, 1.82) is 0 Å². The number of ether oxygens (including phenoxy) is 1. The van der Waals surface area contributed by atoms with E-state index in [1.54, 1.807) is 0 Å². The molecule has 0 saturated heterocycles. The van der Waals surface area contributed by atoms with E-state index in [0.717, 1.165) is 44.6 Å². The molecule has 102 valence electrons. The highest BCUT2D eigenvalue weighted by Crippen LogP contribution is 2.33. The Kier molecular flexibility index (Phi) is 6.81. The molecule has 1 aromatic carbocycles. The lowest BCUT2D eigenvalue weighted by Gasteiger charge is -2.20. The molecule has 2 N–H and O–H groups in total. The van der Waals surface area contributed by atoms with Gasteiger partial charge in [-0.05, 0) is 62.3 Å². The lowest BCUT2D eigenvalue weighted by molar-refractivity contribution is 0.332. The van der Waals surface area contributed by atoms with Gasteiger partial charge in [0.15, 0.2) is 0 Å². The molecule has 0 aromatic heterocycles. The van der Waals surface area contributed by atoms with Crippen molar-refractivity contribution in [2.24, 2.45) is 5.73 Å². The molecular formula is C16H27NO. The molecule has 18 heavy (non-hydrogen) atoms. The van der Waals surface area contributed by atoms with Crippen molar-refractivity contribution < 1.29 is 4.74 Å². The number of aryl methyl sites for hydroxylation is 1. The molecule has 0 amide bonds. The maximum Gasteiger partial charge on any atom is 0.122 e. The fourth-order valence-corrected chi connectivity index (χ4v) is 2.37. The smallest absolute Gasteiger partial charge is 0.122 e. The zero-order valence-corrected chi connectivity index (χ0v) is 12.0. The second-order valence-electron chi connectivity index (χ2n) is 4.69. The number of hydrogen-bond acceptors (Lipinski definition) is 2. The van der Waals surface area contributed by atoms with E-state index in [1.807, 2.05) is 6.92 Å². The van der Waals surface area contributed by atoms with Gasteiger partial charge in [-0.3, -0.25) is 0 Å². The molecule has 1 rings (SSSR count). The van der Waals surface area contributed by atoms with Gasteiger partial charge >= 0.3 is 0 Å². The Morgan fingerprint density at radius 2 is 2.00 bits per heavy atom. The summed E-state index contributed by atoms with van der Waals surface area (Å²) in [4.78, 5) is 0. The fraction of sp³-hybridized carbons (Fsp3) is 0.625. The minimum Gasteiger partial charge on any atom is -0.494 e. The van der Waals surface area contributed by atoms with E-state index >= 15 is 0 Å². The van der Waals surface area contributed by atoms with Crippen molar-refractivity contribution >= 4 is 0 Å². The summed E-state index contributed by atoms with van der Waals surface area (Å²) in [7, 11) is 0. The van der Waals surface area contributed by atoms with Crippen molar-refractivity contribution in [3.63, 3.8) is 0 Å². The van der Waals surface area contributed by atoms with Crippen LogP contribution in [0, 0.1) is 0 Å². The van der Waals surface area contributed by atoms with Crippen LogP contribution in [0.3, 0.4) is 0 Å². The standard InChI is InChI=1S/C16H27NO/c1-4-13-9-10-16(18-6-3)15(12-13)14(5-2)8-7-11-17/h9-10,12,14H,4-8,11,17H2,1-3H3.